The first-order valence-electron chi connectivity index (χ1n) is 7.81. The van der Waals surface area contributed by atoms with E-state index in [2.05, 4.69) is 4.40 Å². The molecule has 2 heterocycles. The molecule has 0 aliphatic rings. The van der Waals surface area contributed by atoms with E-state index >= 15 is 0 Å². The molecule has 5 rings (SSSR count). The van der Waals surface area contributed by atoms with Crippen molar-refractivity contribution >= 4 is 27.7 Å². The highest BCUT2D eigenvalue weighted by molar-refractivity contribution is 5.89. The Balaban J connectivity index is 2.12. The van der Waals surface area contributed by atoms with Gasteiger partial charge in [0, 0.05) is 0 Å². The van der Waals surface area contributed by atoms with E-state index in [0.717, 1.165) is 22.2 Å². The van der Waals surface area contributed by atoms with Crippen molar-refractivity contribution in [3.05, 3.63) is 89.2 Å². The largest absolute Gasteiger partial charge is 0.277 e. The SMILES string of the molecule is O=c1c2ccccc2n2c3ccccc3nc2n1-c1ccccc1. The van der Waals surface area contributed by atoms with Gasteiger partial charge in [-0.05, 0) is 36.4 Å². The summed E-state index contributed by atoms with van der Waals surface area (Å²) in [5.74, 6) is 0.631. The third-order valence-corrected chi connectivity index (χ3v) is 4.34. The predicted molar refractivity (Wildman–Crippen MR) is 95.8 cm³/mol. The van der Waals surface area contributed by atoms with Crippen LogP contribution in [0.2, 0.25) is 0 Å². The lowest BCUT2D eigenvalue weighted by Crippen LogP contribution is -2.21. The van der Waals surface area contributed by atoms with Crippen LogP contribution in [0.4, 0.5) is 0 Å². The van der Waals surface area contributed by atoms with Crippen LogP contribution in [-0.2, 0) is 0 Å². The summed E-state index contributed by atoms with van der Waals surface area (Å²) in [5, 5.41) is 0.678. The molecule has 0 saturated carbocycles. The molecule has 0 saturated heterocycles. The van der Waals surface area contributed by atoms with Crippen LogP contribution < -0.4 is 5.56 Å². The highest BCUT2D eigenvalue weighted by atomic mass is 16.1. The summed E-state index contributed by atoms with van der Waals surface area (Å²) in [4.78, 5) is 17.9. The second-order valence-electron chi connectivity index (χ2n) is 5.73. The van der Waals surface area contributed by atoms with Gasteiger partial charge < -0.3 is 0 Å². The zero-order valence-electron chi connectivity index (χ0n) is 12.8. The Kier molecular flexibility index (Phi) is 2.61. The molecular formula is C20H13N3O. The van der Waals surface area contributed by atoms with E-state index in [1.807, 2.05) is 78.9 Å². The first-order chi connectivity index (χ1) is 11.8. The molecule has 0 bridgehead atoms. The molecule has 2 aromatic heterocycles. The van der Waals surface area contributed by atoms with Crippen molar-refractivity contribution in [3.8, 4) is 5.69 Å². The van der Waals surface area contributed by atoms with Gasteiger partial charge in [-0.2, -0.15) is 0 Å². The van der Waals surface area contributed by atoms with E-state index < -0.39 is 0 Å². The van der Waals surface area contributed by atoms with E-state index in [9.17, 15) is 4.79 Å². The molecular weight excluding hydrogens is 298 g/mol. The van der Waals surface area contributed by atoms with Crippen LogP contribution in [0.3, 0.4) is 0 Å². The summed E-state index contributed by atoms with van der Waals surface area (Å²) in [6.45, 7) is 0. The summed E-state index contributed by atoms with van der Waals surface area (Å²) in [7, 11) is 0. The van der Waals surface area contributed by atoms with Crippen molar-refractivity contribution in [2.75, 3.05) is 0 Å². The fourth-order valence-electron chi connectivity index (χ4n) is 3.27. The minimum atomic E-state index is -0.0559. The average molecular weight is 311 g/mol. The molecule has 114 valence electrons. The summed E-state index contributed by atoms with van der Waals surface area (Å²) in [6, 6.07) is 25.3. The summed E-state index contributed by atoms with van der Waals surface area (Å²) in [5.41, 5.74) is 3.50. The van der Waals surface area contributed by atoms with E-state index in [4.69, 9.17) is 4.98 Å². The second kappa shape index (κ2) is 4.80. The van der Waals surface area contributed by atoms with E-state index in [1.165, 1.54) is 0 Å². The molecule has 0 radical (unpaired) electrons. The van der Waals surface area contributed by atoms with Gasteiger partial charge in [0.2, 0.25) is 5.78 Å². The van der Waals surface area contributed by atoms with Gasteiger partial charge in [-0.15, -0.1) is 0 Å². The number of hydrogen-bond acceptors (Lipinski definition) is 2. The molecule has 4 heteroatoms. The molecule has 0 aliphatic carbocycles. The lowest BCUT2D eigenvalue weighted by Gasteiger charge is -2.11. The van der Waals surface area contributed by atoms with Crippen molar-refractivity contribution < 1.29 is 0 Å². The number of nitrogens with zero attached hydrogens (tertiary/aromatic N) is 3. The van der Waals surface area contributed by atoms with E-state index in [0.29, 0.717) is 11.2 Å². The summed E-state index contributed by atoms with van der Waals surface area (Å²) >= 11 is 0. The van der Waals surface area contributed by atoms with Gasteiger partial charge in [0.15, 0.2) is 0 Å². The number of imidazole rings is 1. The normalized spacial score (nSPS) is 11.5. The van der Waals surface area contributed by atoms with Gasteiger partial charge in [0.05, 0.1) is 27.6 Å². The molecule has 0 aliphatic heterocycles. The van der Waals surface area contributed by atoms with Crippen LogP contribution in [0, 0.1) is 0 Å². The van der Waals surface area contributed by atoms with Crippen molar-refractivity contribution in [2.24, 2.45) is 0 Å². The zero-order chi connectivity index (χ0) is 16.1. The van der Waals surface area contributed by atoms with Crippen molar-refractivity contribution in [2.45, 2.75) is 0 Å². The molecule has 0 spiro atoms. The van der Waals surface area contributed by atoms with Gasteiger partial charge in [0.1, 0.15) is 0 Å². The Bertz CT molecular complexity index is 1270. The van der Waals surface area contributed by atoms with Gasteiger partial charge in [0.25, 0.3) is 5.56 Å². The number of para-hydroxylation sites is 4. The van der Waals surface area contributed by atoms with Crippen molar-refractivity contribution in [1.29, 1.82) is 0 Å². The molecule has 4 nitrogen and oxygen atoms in total. The molecule has 0 fully saturated rings. The van der Waals surface area contributed by atoms with Crippen LogP contribution in [-0.4, -0.2) is 14.0 Å². The summed E-state index contributed by atoms with van der Waals surface area (Å²) in [6.07, 6.45) is 0. The number of rotatable bonds is 1. The summed E-state index contributed by atoms with van der Waals surface area (Å²) < 4.78 is 3.74. The van der Waals surface area contributed by atoms with Gasteiger partial charge in [-0.25, -0.2) is 9.55 Å². The predicted octanol–water partition coefficient (Wildman–Crippen LogP) is 3.79. The quantitative estimate of drug-likeness (QED) is 0.472. The number of benzene rings is 3. The third-order valence-electron chi connectivity index (χ3n) is 4.34. The average Bonchev–Trinajstić information content (AvgIpc) is 3.02. The lowest BCUT2D eigenvalue weighted by atomic mass is 10.2. The monoisotopic (exact) mass is 311 g/mol. The van der Waals surface area contributed by atoms with Crippen LogP contribution in [0.1, 0.15) is 0 Å². The highest BCUT2D eigenvalue weighted by Gasteiger charge is 2.15. The highest BCUT2D eigenvalue weighted by Crippen LogP contribution is 2.22. The Morgan fingerprint density at radius 2 is 1.38 bits per heavy atom. The standard InChI is InChI=1S/C20H13N3O/c24-19-15-10-4-6-12-17(15)23-18-13-7-5-11-16(18)21-20(23)22(19)14-8-2-1-3-9-14/h1-13H. The topological polar surface area (TPSA) is 39.3 Å². The maximum Gasteiger partial charge on any atom is 0.267 e. The molecule has 0 atom stereocenters. The molecule has 0 N–H and O–H groups in total. The van der Waals surface area contributed by atoms with Crippen LogP contribution in [0.25, 0.3) is 33.4 Å². The lowest BCUT2D eigenvalue weighted by molar-refractivity contribution is 0.983. The Hall–Kier alpha value is -3.40. The fraction of sp³-hybridized carbons (Fsp3) is 0. The Labute approximate surface area is 137 Å². The van der Waals surface area contributed by atoms with E-state index in [1.54, 1.807) is 4.57 Å². The zero-order valence-corrected chi connectivity index (χ0v) is 12.8. The van der Waals surface area contributed by atoms with Gasteiger partial charge in [-0.1, -0.05) is 42.5 Å². The van der Waals surface area contributed by atoms with E-state index in [-0.39, 0.29) is 5.56 Å². The Morgan fingerprint density at radius 1 is 0.708 bits per heavy atom. The number of fused-ring (bicyclic) bond motifs is 5. The molecule has 24 heavy (non-hydrogen) atoms. The van der Waals surface area contributed by atoms with Crippen LogP contribution in [0.15, 0.2) is 83.7 Å². The first kappa shape index (κ1) is 13.1. The Morgan fingerprint density at radius 3 is 2.21 bits per heavy atom. The van der Waals surface area contributed by atoms with Gasteiger partial charge in [-0.3, -0.25) is 9.20 Å². The maximum atomic E-state index is 13.1. The van der Waals surface area contributed by atoms with Crippen molar-refractivity contribution in [1.82, 2.24) is 14.0 Å². The molecule has 5 aromatic rings. The number of aromatic nitrogens is 3. The molecule has 0 unspecified atom stereocenters. The van der Waals surface area contributed by atoms with Crippen LogP contribution >= 0.6 is 0 Å². The maximum absolute atomic E-state index is 13.1. The van der Waals surface area contributed by atoms with Crippen LogP contribution in [0.5, 0.6) is 0 Å². The minimum absolute atomic E-state index is 0.0559. The third kappa shape index (κ3) is 1.68. The van der Waals surface area contributed by atoms with Crippen molar-refractivity contribution in [3.63, 3.8) is 0 Å². The minimum Gasteiger partial charge on any atom is -0.277 e. The second-order valence-corrected chi connectivity index (χ2v) is 5.73. The fourth-order valence-corrected chi connectivity index (χ4v) is 3.27. The first-order valence-corrected chi connectivity index (χ1v) is 7.81. The number of hydrogen-bond donors (Lipinski definition) is 0. The smallest absolute Gasteiger partial charge is 0.267 e. The van der Waals surface area contributed by atoms with Gasteiger partial charge >= 0.3 is 0 Å². The molecule has 0 amide bonds. The molecule has 3 aromatic carbocycles.